The van der Waals surface area contributed by atoms with Gasteiger partial charge < -0.3 is 30.7 Å². The zero-order valence-electron chi connectivity index (χ0n) is 25.9. The van der Waals surface area contributed by atoms with Gasteiger partial charge in [0.25, 0.3) is 5.91 Å². The molecule has 2 fully saturated rings. The Balaban J connectivity index is 1.25. The maximum Gasteiger partial charge on any atom is 0.306 e. The first kappa shape index (κ1) is 32.2. The summed E-state index contributed by atoms with van der Waals surface area (Å²) in [6, 6.07) is 10.2. The van der Waals surface area contributed by atoms with Crippen LogP contribution >= 0.6 is 11.6 Å². The first-order valence-corrected chi connectivity index (χ1v) is 15.7. The fourth-order valence-corrected chi connectivity index (χ4v) is 6.89. The van der Waals surface area contributed by atoms with Gasteiger partial charge in [-0.2, -0.15) is 5.26 Å². The molecule has 1 amide bonds. The first-order chi connectivity index (χ1) is 22.6. The Morgan fingerprint density at radius 1 is 1.28 bits per heavy atom. The number of carboxylic acid groups (broad SMARTS) is 1. The smallest absolute Gasteiger partial charge is 0.306 e. The van der Waals surface area contributed by atoms with Gasteiger partial charge in [-0.15, -0.1) is 0 Å². The number of amides is 1. The summed E-state index contributed by atoms with van der Waals surface area (Å²) in [4.78, 5) is 36.9. The van der Waals surface area contributed by atoms with Crippen LogP contribution in [0.15, 0.2) is 48.9 Å². The second-order valence-electron chi connectivity index (χ2n) is 12.0. The van der Waals surface area contributed by atoms with Crippen LogP contribution in [0.3, 0.4) is 0 Å². The molecule has 4 aromatic rings. The van der Waals surface area contributed by atoms with Crippen LogP contribution < -0.4 is 20.7 Å². The third-order valence-electron chi connectivity index (χ3n) is 9.13. The van der Waals surface area contributed by atoms with E-state index in [0.29, 0.717) is 59.9 Å². The van der Waals surface area contributed by atoms with E-state index in [2.05, 4.69) is 25.9 Å². The Morgan fingerprint density at radius 2 is 2.11 bits per heavy atom. The Hall–Kier alpha value is -4.77. The number of aryl methyl sites for hydroxylation is 1. The molecule has 2 aliphatic heterocycles. The van der Waals surface area contributed by atoms with Crippen molar-refractivity contribution in [3.05, 3.63) is 70.9 Å². The molecule has 6 rings (SSSR count). The van der Waals surface area contributed by atoms with E-state index in [9.17, 15) is 19.1 Å². The lowest BCUT2D eigenvalue weighted by Crippen LogP contribution is -2.69. The second kappa shape index (κ2) is 13.2. The lowest BCUT2D eigenvalue weighted by Gasteiger charge is -2.52. The number of carbonyl (C=O) groups excluding carboxylic acids is 1. The summed E-state index contributed by atoms with van der Waals surface area (Å²) in [6.07, 6.45) is 5.59. The molecule has 2 saturated heterocycles. The average Bonchev–Trinajstić information content (AvgIpc) is 3.50. The number of benzene rings is 2. The number of nitrogens with zero attached hydrogens (tertiary/aromatic N) is 5. The van der Waals surface area contributed by atoms with E-state index in [0.717, 1.165) is 18.7 Å². The SMILES string of the molecule is Cc1cc(Nc2nccn3c(-c4ccc(OCC#N)c(F)c4Cl)cnc23)ccc1C(=O)N1CCC(C(=O)O)CC1(C)[C@H]1CNCCN1. The quantitative estimate of drug-likeness (QED) is 0.214. The molecular weight excluding hydrogens is 627 g/mol. The number of piperazine rings is 1. The topological polar surface area (TPSA) is 157 Å². The van der Waals surface area contributed by atoms with Crippen molar-refractivity contribution in [1.82, 2.24) is 29.9 Å². The number of aromatic nitrogens is 3. The maximum absolute atomic E-state index is 14.9. The lowest BCUT2D eigenvalue weighted by atomic mass is 9.75. The number of aliphatic carboxylic acids is 1. The largest absolute Gasteiger partial charge is 0.481 e. The molecule has 2 aromatic carbocycles. The number of ether oxygens (including phenoxy) is 1. The van der Waals surface area contributed by atoms with Crippen molar-refractivity contribution in [3.8, 4) is 23.1 Å². The van der Waals surface area contributed by atoms with Crippen LogP contribution in [0, 0.1) is 30.0 Å². The third-order valence-corrected chi connectivity index (χ3v) is 9.50. The van der Waals surface area contributed by atoms with E-state index in [1.165, 1.54) is 6.07 Å². The predicted molar refractivity (Wildman–Crippen MR) is 173 cm³/mol. The molecule has 0 saturated carbocycles. The number of nitrogens with one attached hydrogen (secondary N) is 3. The molecule has 0 bridgehead atoms. The molecule has 12 nitrogen and oxygen atoms in total. The van der Waals surface area contributed by atoms with Crippen LogP contribution in [0.2, 0.25) is 5.02 Å². The van der Waals surface area contributed by atoms with Crippen molar-refractivity contribution >= 4 is 40.6 Å². The number of likely N-dealkylation sites (tertiary alicyclic amines) is 1. The van der Waals surface area contributed by atoms with E-state index < -0.39 is 23.2 Å². The molecule has 4 N–H and O–H groups in total. The number of nitriles is 1. The van der Waals surface area contributed by atoms with E-state index in [-0.39, 0.29) is 29.3 Å². The van der Waals surface area contributed by atoms with Gasteiger partial charge in [0.1, 0.15) is 6.07 Å². The van der Waals surface area contributed by atoms with Gasteiger partial charge in [0, 0.05) is 61.4 Å². The number of hydrogen-bond acceptors (Lipinski definition) is 9. The van der Waals surface area contributed by atoms with Crippen LogP contribution in [0.5, 0.6) is 5.75 Å². The second-order valence-corrected chi connectivity index (χ2v) is 12.4. The molecule has 47 heavy (non-hydrogen) atoms. The van der Waals surface area contributed by atoms with Gasteiger partial charge >= 0.3 is 5.97 Å². The van der Waals surface area contributed by atoms with Gasteiger partial charge in [-0.1, -0.05) is 11.6 Å². The molecule has 14 heteroatoms. The van der Waals surface area contributed by atoms with Crippen LogP contribution in [0.4, 0.5) is 15.9 Å². The van der Waals surface area contributed by atoms with Crippen LogP contribution in [-0.4, -0.2) is 80.6 Å². The highest BCUT2D eigenvalue weighted by Crippen LogP contribution is 2.38. The van der Waals surface area contributed by atoms with E-state index >= 15 is 0 Å². The molecule has 2 aliphatic rings. The van der Waals surface area contributed by atoms with Crippen molar-refractivity contribution in [2.45, 2.75) is 38.3 Å². The highest BCUT2D eigenvalue weighted by molar-refractivity contribution is 6.33. The standard InChI is InChI=1S/C33H34ClFN8O4/c1-19-15-21(3-4-22(19)31(44)43-12-7-20(32(45)46)16-33(43,2)26-18-37-9-10-38-26)41-29-30-40-17-24(42(30)13-11-39-29)23-5-6-25(47-14-8-36)28(35)27(23)34/h3-6,11,13,15,17,20,26,37-38H,7,9-10,12,14,16,18H2,1-2H3,(H,39,41)(H,45,46)/t20?,26-,33?/m1/s1. The maximum atomic E-state index is 14.9. The van der Waals surface area contributed by atoms with Crippen molar-refractivity contribution in [2.24, 2.45) is 5.92 Å². The normalized spacial score (nSPS) is 21.3. The van der Waals surface area contributed by atoms with Gasteiger partial charge in [-0.25, -0.2) is 14.4 Å². The fourth-order valence-electron chi connectivity index (χ4n) is 6.64. The number of rotatable bonds is 8. The van der Waals surface area contributed by atoms with Crippen LogP contribution in [0.1, 0.15) is 35.7 Å². The number of anilines is 2. The average molecular weight is 661 g/mol. The third kappa shape index (κ3) is 6.07. The van der Waals surface area contributed by atoms with Gasteiger partial charge in [0.05, 0.1) is 28.4 Å². The van der Waals surface area contributed by atoms with E-state index in [1.54, 1.807) is 47.3 Å². The van der Waals surface area contributed by atoms with Crippen molar-refractivity contribution in [2.75, 3.05) is 38.1 Å². The Bertz CT molecular complexity index is 1890. The number of halogens is 2. The number of fused-ring (bicyclic) bond motifs is 1. The van der Waals surface area contributed by atoms with Gasteiger partial charge in [0.15, 0.2) is 29.6 Å². The summed E-state index contributed by atoms with van der Waals surface area (Å²) in [5.41, 5.74) is 2.64. The summed E-state index contributed by atoms with van der Waals surface area (Å²) >= 11 is 6.36. The minimum Gasteiger partial charge on any atom is -0.481 e. The fraction of sp³-hybridized carbons (Fsp3) is 0.364. The minimum absolute atomic E-state index is 0.0872. The number of piperidine rings is 1. The molecule has 2 unspecified atom stereocenters. The van der Waals surface area contributed by atoms with Crippen molar-refractivity contribution < 1.29 is 23.8 Å². The molecule has 2 aromatic heterocycles. The highest BCUT2D eigenvalue weighted by Gasteiger charge is 2.48. The lowest BCUT2D eigenvalue weighted by molar-refractivity contribution is -0.145. The molecular formula is C33H34ClFN8O4. The minimum atomic E-state index is -0.832. The molecule has 0 radical (unpaired) electrons. The zero-order valence-corrected chi connectivity index (χ0v) is 26.6. The molecule has 244 valence electrons. The summed E-state index contributed by atoms with van der Waals surface area (Å²) in [6.45, 7) is 6.10. The number of carboxylic acids is 1. The summed E-state index contributed by atoms with van der Waals surface area (Å²) in [5.74, 6) is -1.95. The summed E-state index contributed by atoms with van der Waals surface area (Å²) in [5, 5.41) is 28.5. The monoisotopic (exact) mass is 660 g/mol. The summed E-state index contributed by atoms with van der Waals surface area (Å²) < 4.78 is 21.7. The van der Waals surface area contributed by atoms with Crippen molar-refractivity contribution in [1.29, 1.82) is 5.26 Å². The number of hydrogen-bond donors (Lipinski definition) is 4. The van der Waals surface area contributed by atoms with E-state index in [4.69, 9.17) is 21.6 Å². The van der Waals surface area contributed by atoms with Gasteiger partial charge in [0.2, 0.25) is 0 Å². The summed E-state index contributed by atoms with van der Waals surface area (Å²) in [7, 11) is 0. The molecule has 0 spiro atoms. The van der Waals surface area contributed by atoms with Gasteiger partial charge in [-0.05, 0) is 62.6 Å². The predicted octanol–water partition coefficient (Wildman–Crippen LogP) is 4.40. The Morgan fingerprint density at radius 3 is 2.83 bits per heavy atom. The first-order valence-electron chi connectivity index (χ1n) is 15.3. The Kier molecular flexibility index (Phi) is 9.01. The molecule has 0 aliphatic carbocycles. The number of imidazole rings is 1. The van der Waals surface area contributed by atoms with Crippen LogP contribution in [0.25, 0.3) is 16.9 Å². The molecule has 4 heterocycles. The van der Waals surface area contributed by atoms with Crippen molar-refractivity contribution in [3.63, 3.8) is 0 Å². The zero-order chi connectivity index (χ0) is 33.3. The highest BCUT2D eigenvalue weighted by atomic mass is 35.5. The molecule has 3 atom stereocenters. The van der Waals surface area contributed by atoms with Crippen LogP contribution in [-0.2, 0) is 4.79 Å². The van der Waals surface area contributed by atoms with E-state index in [1.807, 2.05) is 24.8 Å². The number of carbonyl (C=O) groups is 2. The Labute approximate surface area is 275 Å². The van der Waals surface area contributed by atoms with Gasteiger partial charge in [-0.3, -0.25) is 14.0 Å².